The maximum Gasteiger partial charge on any atom is 0.326 e. The van der Waals surface area contributed by atoms with Crippen LogP contribution in [0.25, 0.3) is 0 Å². The number of benzene rings is 1. The number of aliphatic carboxylic acids is 1. The van der Waals surface area contributed by atoms with Crippen LogP contribution in [0.5, 0.6) is 5.75 Å². The second-order valence-electron chi connectivity index (χ2n) is 9.93. The molecule has 9 N–H and O–H groups in total. The molecule has 0 aromatic heterocycles. The number of phenols is 1. The number of nitrogens with one attached hydrogen (secondary N) is 3. The molecule has 37 heavy (non-hydrogen) atoms. The molecule has 0 aliphatic heterocycles. The smallest absolute Gasteiger partial charge is 0.326 e. The van der Waals surface area contributed by atoms with E-state index in [0.717, 1.165) is 0 Å². The Labute approximate surface area is 216 Å². The summed E-state index contributed by atoms with van der Waals surface area (Å²) in [6.07, 6.45) is -0.0141. The molecular formula is C25H39N5O7. The number of phenolic OH excluding ortho intramolecular Hbond substituents is 1. The van der Waals surface area contributed by atoms with Gasteiger partial charge in [0.25, 0.3) is 0 Å². The van der Waals surface area contributed by atoms with E-state index in [0.29, 0.717) is 12.0 Å². The third-order valence-electron chi connectivity index (χ3n) is 5.43. The standard InChI is InChI=1S/C25H39N5O7/c1-13(2)9-17(26)22(33)28-18(10-14(3)4)23(34)29-19(11-15-5-7-16(31)8-6-15)24(35)30-20(25(36)37)12-21(27)32/h5-8,13-14,17-20,31H,9-12,26H2,1-4H3,(H2,27,32)(H,28,33)(H,29,34)(H,30,35)(H,36,37). The van der Waals surface area contributed by atoms with Crippen molar-refractivity contribution in [1.29, 1.82) is 0 Å². The molecule has 4 unspecified atom stereocenters. The van der Waals surface area contributed by atoms with Crippen LogP contribution in [0.15, 0.2) is 24.3 Å². The van der Waals surface area contributed by atoms with E-state index < -0.39 is 60.2 Å². The molecular weight excluding hydrogens is 482 g/mol. The molecule has 0 bridgehead atoms. The van der Waals surface area contributed by atoms with Crippen LogP contribution in [0.3, 0.4) is 0 Å². The van der Waals surface area contributed by atoms with Crippen molar-refractivity contribution in [2.24, 2.45) is 23.3 Å². The molecule has 206 valence electrons. The van der Waals surface area contributed by atoms with Gasteiger partial charge in [0.05, 0.1) is 12.5 Å². The number of aromatic hydroxyl groups is 1. The molecule has 4 atom stereocenters. The first-order valence-electron chi connectivity index (χ1n) is 12.1. The van der Waals surface area contributed by atoms with Crippen molar-refractivity contribution in [2.75, 3.05) is 0 Å². The van der Waals surface area contributed by atoms with Gasteiger partial charge in [-0.2, -0.15) is 0 Å². The lowest BCUT2D eigenvalue weighted by Gasteiger charge is -2.26. The molecule has 1 rings (SSSR count). The van der Waals surface area contributed by atoms with Gasteiger partial charge in [-0.1, -0.05) is 39.8 Å². The number of carbonyl (C=O) groups excluding carboxylic acids is 4. The Morgan fingerprint density at radius 3 is 1.76 bits per heavy atom. The topological polar surface area (TPSA) is 214 Å². The summed E-state index contributed by atoms with van der Waals surface area (Å²) in [7, 11) is 0. The van der Waals surface area contributed by atoms with Gasteiger partial charge < -0.3 is 37.6 Å². The lowest BCUT2D eigenvalue weighted by atomic mass is 9.99. The summed E-state index contributed by atoms with van der Waals surface area (Å²) in [6, 6.07) is 1.21. The molecule has 12 nitrogen and oxygen atoms in total. The van der Waals surface area contributed by atoms with E-state index in [9.17, 15) is 34.2 Å². The summed E-state index contributed by atoms with van der Waals surface area (Å²) in [4.78, 5) is 61.6. The van der Waals surface area contributed by atoms with Crippen molar-refractivity contribution >= 4 is 29.6 Å². The van der Waals surface area contributed by atoms with Gasteiger partial charge in [0.15, 0.2) is 0 Å². The van der Waals surface area contributed by atoms with Crippen LogP contribution >= 0.6 is 0 Å². The highest BCUT2D eigenvalue weighted by atomic mass is 16.4. The normalized spacial score (nSPS) is 14.4. The number of carbonyl (C=O) groups is 5. The third kappa shape index (κ3) is 11.7. The second kappa shape index (κ2) is 14.8. The molecule has 0 fully saturated rings. The Morgan fingerprint density at radius 2 is 1.27 bits per heavy atom. The van der Waals surface area contributed by atoms with E-state index in [1.807, 2.05) is 27.7 Å². The summed E-state index contributed by atoms with van der Waals surface area (Å²) in [5.74, 6) is -4.23. The lowest BCUT2D eigenvalue weighted by Crippen LogP contribution is -2.58. The van der Waals surface area contributed by atoms with Crippen LogP contribution in [-0.2, 0) is 30.4 Å². The van der Waals surface area contributed by atoms with E-state index in [1.54, 1.807) is 0 Å². The zero-order valence-corrected chi connectivity index (χ0v) is 21.7. The van der Waals surface area contributed by atoms with Crippen molar-refractivity contribution in [2.45, 2.75) is 77.5 Å². The maximum absolute atomic E-state index is 13.2. The fraction of sp³-hybridized carbons (Fsp3) is 0.560. The maximum atomic E-state index is 13.2. The zero-order chi connectivity index (χ0) is 28.3. The van der Waals surface area contributed by atoms with Gasteiger partial charge in [-0.05, 0) is 42.4 Å². The van der Waals surface area contributed by atoms with Crippen LogP contribution in [0.1, 0.15) is 52.5 Å². The van der Waals surface area contributed by atoms with Gasteiger partial charge in [0.2, 0.25) is 23.6 Å². The average Bonchev–Trinajstić information content (AvgIpc) is 2.77. The quantitative estimate of drug-likeness (QED) is 0.163. The summed E-state index contributed by atoms with van der Waals surface area (Å²) in [5, 5.41) is 26.4. The number of rotatable bonds is 15. The molecule has 1 aromatic carbocycles. The molecule has 1 aromatic rings. The Morgan fingerprint density at radius 1 is 0.784 bits per heavy atom. The van der Waals surface area contributed by atoms with Crippen molar-refractivity contribution < 1.29 is 34.2 Å². The summed E-state index contributed by atoms with van der Waals surface area (Å²) in [5.41, 5.74) is 11.6. The van der Waals surface area contributed by atoms with Crippen LogP contribution in [0, 0.1) is 11.8 Å². The minimum Gasteiger partial charge on any atom is -0.508 e. The van der Waals surface area contributed by atoms with E-state index >= 15 is 0 Å². The zero-order valence-electron chi connectivity index (χ0n) is 21.7. The van der Waals surface area contributed by atoms with Gasteiger partial charge in [-0.3, -0.25) is 19.2 Å². The molecule has 0 heterocycles. The first kappa shape index (κ1) is 31.4. The largest absolute Gasteiger partial charge is 0.508 e. The predicted molar refractivity (Wildman–Crippen MR) is 136 cm³/mol. The average molecular weight is 522 g/mol. The minimum atomic E-state index is -1.59. The van der Waals surface area contributed by atoms with Gasteiger partial charge in [0, 0.05) is 6.42 Å². The first-order chi connectivity index (χ1) is 17.2. The summed E-state index contributed by atoms with van der Waals surface area (Å²) < 4.78 is 0. The van der Waals surface area contributed by atoms with Gasteiger partial charge in [-0.15, -0.1) is 0 Å². The van der Waals surface area contributed by atoms with E-state index in [4.69, 9.17) is 11.5 Å². The Kier molecular flexibility index (Phi) is 12.5. The van der Waals surface area contributed by atoms with Gasteiger partial charge in [-0.25, -0.2) is 4.79 Å². The Balaban J connectivity index is 3.16. The third-order valence-corrected chi connectivity index (χ3v) is 5.43. The second-order valence-corrected chi connectivity index (χ2v) is 9.93. The molecule has 0 aliphatic rings. The molecule has 0 saturated carbocycles. The van der Waals surface area contributed by atoms with Crippen LogP contribution in [-0.4, -0.2) is 64.0 Å². The number of hydrogen-bond donors (Lipinski definition) is 7. The van der Waals surface area contributed by atoms with Crippen LogP contribution in [0.2, 0.25) is 0 Å². The highest BCUT2D eigenvalue weighted by Crippen LogP contribution is 2.13. The first-order valence-corrected chi connectivity index (χ1v) is 12.1. The summed E-state index contributed by atoms with van der Waals surface area (Å²) >= 11 is 0. The number of carboxylic acid groups (broad SMARTS) is 1. The van der Waals surface area contributed by atoms with Crippen molar-refractivity contribution in [1.82, 2.24) is 16.0 Å². The van der Waals surface area contributed by atoms with Crippen molar-refractivity contribution in [3.63, 3.8) is 0 Å². The summed E-state index contributed by atoms with van der Waals surface area (Å²) in [6.45, 7) is 7.56. The highest BCUT2D eigenvalue weighted by Gasteiger charge is 2.31. The SMILES string of the molecule is CC(C)CC(N)C(=O)NC(CC(C)C)C(=O)NC(Cc1ccc(O)cc1)C(=O)NC(CC(N)=O)C(=O)O. The van der Waals surface area contributed by atoms with Crippen molar-refractivity contribution in [3.05, 3.63) is 29.8 Å². The van der Waals surface area contributed by atoms with Crippen LogP contribution < -0.4 is 27.4 Å². The number of primary amides is 1. The molecule has 12 heteroatoms. The number of amides is 4. The van der Waals surface area contributed by atoms with Gasteiger partial charge >= 0.3 is 5.97 Å². The number of hydrogen-bond acceptors (Lipinski definition) is 7. The van der Waals surface area contributed by atoms with Gasteiger partial charge in [0.1, 0.15) is 23.9 Å². The van der Waals surface area contributed by atoms with Crippen LogP contribution in [0.4, 0.5) is 0 Å². The Hall–Kier alpha value is -3.67. The molecule has 0 radical (unpaired) electrons. The molecule has 4 amide bonds. The molecule has 0 spiro atoms. The van der Waals surface area contributed by atoms with E-state index in [2.05, 4.69) is 16.0 Å². The molecule has 0 aliphatic carbocycles. The van der Waals surface area contributed by atoms with E-state index in [-0.39, 0.29) is 30.4 Å². The number of carboxylic acids is 1. The Bertz CT molecular complexity index is 949. The predicted octanol–water partition coefficient (Wildman–Crippen LogP) is -0.231. The number of nitrogens with two attached hydrogens (primary N) is 2. The minimum absolute atomic E-state index is 0.00127. The van der Waals surface area contributed by atoms with Crippen molar-refractivity contribution in [3.8, 4) is 5.75 Å². The highest BCUT2D eigenvalue weighted by molar-refractivity contribution is 5.95. The fourth-order valence-corrected chi connectivity index (χ4v) is 3.62. The van der Waals surface area contributed by atoms with E-state index in [1.165, 1.54) is 24.3 Å². The molecule has 0 saturated heterocycles. The monoisotopic (exact) mass is 521 g/mol. The fourth-order valence-electron chi connectivity index (χ4n) is 3.62. The lowest BCUT2D eigenvalue weighted by molar-refractivity contribution is -0.143.